The molecule has 0 aliphatic heterocycles. The van der Waals surface area contributed by atoms with E-state index in [9.17, 15) is 0 Å². The quantitative estimate of drug-likeness (QED) is 0.183. The van der Waals surface area contributed by atoms with Gasteiger partial charge < -0.3 is 4.57 Å². The van der Waals surface area contributed by atoms with Gasteiger partial charge in [0, 0.05) is 32.8 Å². The molecule has 10 aromatic rings. The molecule has 0 spiro atoms. The van der Waals surface area contributed by atoms with Crippen molar-refractivity contribution in [2.45, 2.75) is 0 Å². The second-order valence-electron chi connectivity index (χ2n) is 12.6. The summed E-state index contributed by atoms with van der Waals surface area (Å²) in [6.45, 7) is 0. The van der Waals surface area contributed by atoms with Crippen molar-refractivity contribution in [1.29, 1.82) is 0 Å². The summed E-state index contributed by atoms with van der Waals surface area (Å²) in [6, 6.07) is 60.6. The van der Waals surface area contributed by atoms with Gasteiger partial charge in [0.25, 0.3) is 0 Å². The Bertz CT molecular complexity index is 2790. The van der Waals surface area contributed by atoms with Crippen molar-refractivity contribution in [3.8, 4) is 39.2 Å². The molecule has 0 N–H and O–H groups in total. The molecule has 10 rings (SSSR count). The molecule has 228 valence electrons. The van der Waals surface area contributed by atoms with E-state index in [4.69, 9.17) is 9.97 Å². The third-order valence-electron chi connectivity index (χ3n) is 9.82. The van der Waals surface area contributed by atoms with E-state index in [-0.39, 0.29) is 0 Å². The van der Waals surface area contributed by atoms with E-state index >= 15 is 0 Å². The molecular weight excluding hydrogens is 595 g/mol. The maximum atomic E-state index is 5.23. The number of fused-ring (bicyclic) bond motifs is 9. The fourth-order valence-electron chi connectivity index (χ4n) is 7.50. The van der Waals surface area contributed by atoms with Gasteiger partial charge in [-0.2, -0.15) is 0 Å². The van der Waals surface area contributed by atoms with Crippen LogP contribution in [-0.2, 0) is 0 Å². The van der Waals surface area contributed by atoms with Gasteiger partial charge in [0.1, 0.15) is 0 Å². The number of para-hydroxylation sites is 2. The lowest BCUT2D eigenvalue weighted by Crippen LogP contribution is -1.93. The molecular formula is C46H29N3. The van der Waals surface area contributed by atoms with E-state index in [0.29, 0.717) is 0 Å². The largest absolute Gasteiger partial charge is 0.309 e. The van der Waals surface area contributed by atoms with Crippen LogP contribution in [0.15, 0.2) is 176 Å². The molecule has 3 nitrogen and oxygen atoms in total. The molecule has 2 heterocycles. The number of aromatic nitrogens is 3. The minimum Gasteiger partial charge on any atom is -0.309 e. The fourth-order valence-corrected chi connectivity index (χ4v) is 7.50. The Balaban J connectivity index is 1.02. The highest BCUT2D eigenvalue weighted by molar-refractivity contribution is 6.23. The summed E-state index contributed by atoms with van der Waals surface area (Å²) in [4.78, 5) is 10.2. The number of hydrogen-bond donors (Lipinski definition) is 0. The Morgan fingerprint density at radius 1 is 0.347 bits per heavy atom. The molecule has 3 heteroatoms. The summed E-state index contributed by atoms with van der Waals surface area (Å²) in [6.07, 6.45) is 1.91. The Hall–Kier alpha value is -6.58. The first-order chi connectivity index (χ1) is 24.3. The molecule has 0 amide bonds. The van der Waals surface area contributed by atoms with Crippen LogP contribution in [-0.4, -0.2) is 14.5 Å². The molecule has 0 radical (unpaired) electrons. The highest BCUT2D eigenvalue weighted by Crippen LogP contribution is 2.36. The van der Waals surface area contributed by atoms with E-state index in [2.05, 4.69) is 174 Å². The summed E-state index contributed by atoms with van der Waals surface area (Å²) in [5.74, 6) is 0. The van der Waals surface area contributed by atoms with Crippen LogP contribution in [0.25, 0.3) is 93.6 Å². The summed E-state index contributed by atoms with van der Waals surface area (Å²) < 4.78 is 2.36. The van der Waals surface area contributed by atoms with Crippen molar-refractivity contribution in [1.82, 2.24) is 14.5 Å². The molecule has 8 aromatic carbocycles. The summed E-state index contributed by atoms with van der Waals surface area (Å²) in [7, 11) is 0. The highest BCUT2D eigenvalue weighted by atomic mass is 15.0. The van der Waals surface area contributed by atoms with Crippen molar-refractivity contribution in [2.24, 2.45) is 0 Å². The summed E-state index contributed by atoms with van der Waals surface area (Å²) in [5.41, 5.74) is 12.0. The van der Waals surface area contributed by atoms with E-state index in [0.717, 1.165) is 49.9 Å². The maximum absolute atomic E-state index is 5.23. The SMILES string of the molecule is c1cc(-c2ccc(-n3c4ccccc4c4ccccc43)cc2)cc(-c2cccc(-c3cnc4c5ccccc5c5ccccc5c4n3)c2)c1. The van der Waals surface area contributed by atoms with Crippen LogP contribution in [0.4, 0.5) is 0 Å². The lowest BCUT2D eigenvalue weighted by atomic mass is 9.97. The maximum Gasteiger partial charge on any atom is 0.0979 e. The minimum absolute atomic E-state index is 0.867. The van der Waals surface area contributed by atoms with Crippen LogP contribution < -0.4 is 0 Å². The average Bonchev–Trinajstić information content (AvgIpc) is 3.52. The zero-order valence-corrected chi connectivity index (χ0v) is 26.6. The zero-order chi connectivity index (χ0) is 32.3. The molecule has 0 bridgehead atoms. The van der Waals surface area contributed by atoms with Crippen molar-refractivity contribution >= 4 is 54.4 Å². The van der Waals surface area contributed by atoms with Crippen molar-refractivity contribution < 1.29 is 0 Å². The second-order valence-corrected chi connectivity index (χ2v) is 12.6. The van der Waals surface area contributed by atoms with E-state index < -0.39 is 0 Å². The van der Waals surface area contributed by atoms with Crippen LogP contribution in [0.3, 0.4) is 0 Å². The topological polar surface area (TPSA) is 30.7 Å². The fraction of sp³-hybridized carbons (Fsp3) is 0. The Kier molecular flexibility index (Phi) is 6.18. The van der Waals surface area contributed by atoms with Gasteiger partial charge in [-0.3, -0.25) is 4.98 Å². The molecule has 0 fully saturated rings. The van der Waals surface area contributed by atoms with Crippen molar-refractivity contribution in [3.05, 3.63) is 176 Å². The van der Waals surface area contributed by atoms with Crippen LogP contribution >= 0.6 is 0 Å². The standard InChI is InChI=1S/C46H29N3/c1-3-19-40-36(15-1)37-16-2-4-20-41(37)46-45(40)47-29-42(48-46)34-14-10-13-33(28-34)32-12-9-11-31(27-32)30-23-25-35(26-24-30)49-43-21-7-5-17-38(43)39-18-6-8-22-44(39)49/h1-29H. The number of rotatable bonds is 4. The van der Waals surface area contributed by atoms with Gasteiger partial charge >= 0.3 is 0 Å². The summed E-state index contributed by atoms with van der Waals surface area (Å²) >= 11 is 0. The second kappa shape index (κ2) is 11.0. The Labute approximate surface area is 283 Å². The van der Waals surface area contributed by atoms with Gasteiger partial charge in [-0.05, 0) is 69.4 Å². The van der Waals surface area contributed by atoms with Crippen molar-refractivity contribution in [2.75, 3.05) is 0 Å². The van der Waals surface area contributed by atoms with Crippen molar-refractivity contribution in [3.63, 3.8) is 0 Å². The Morgan fingerprint density at radius 2 is 0.816 bits per heavy atom. The van der Waals surface area contributed by atoms with E-state index in [1.54, 1.807) is 0 Å². The first kappa shape index (κ1) is 27.5. The van der Waals surface area contributed by atoms with E-state index in [1.807, 2.05) is 6.20 Å². The van der Waals surface area contributed by atoms with E-state index in [1.165, 1.54) is 43.7 Å². The van der Waals surface area contributed by atoms with Crippen LogP contribution in [0.5, 0.6) is 0 Å². The van der Waals surface area contributed by atoms with Gasteiger partial charge in [0.05, 0.1) is 34.0 Å². The van der Waals surface area contributed by atoms with Gasteiger partial charge in [0.15, 0.2) is 0 Å². The van der Waals surface area contributed by atoms with Gasteiger partial charge in [-0.15, -0.1) is 0 Å². The van der Waals surface area contributed by atoms with Gasteiger partial charge in [-0.25, -0.2) is 4.98 Å². The molecule has 2 aromatic heterocycles. The predicted octanol–water partition coefficient (Wildman–Crippen LogP) is 12.0. The smallest absolute Gasteiger partial charge is 0.0979 e. The van der Waals surface area contributed by atoms with Gasteiger partial charge in [0.2, 0.25) is 0 Å². The third-order valence-corrected chi connectivity index (χ3v) is 9.82. The molecule has 49 heavy (non-hydrogen) atoms. The van der Waals surface area contributed by atoms with Crippen LogP contribution in [0, 0.1) is 0 Å². The Morgan fingerprint density at radius 3 is 1.43 bits per heavy atom. The lowest BCUT2D eigenvalue weighted by Gasteiger charge is -2.12. The first-order valence-electron chi connectivity index (χ1n) is 16.7. The normalized spacial score (nSPS) is 11.7. The predicted molar refractivity (Wildman–Crippen MR) is 205 cm³/mol. The number of benzene rings is 8. The van der Waals surface area contributed by atoms with Crippen LogP contribution in [0.1, 0.15) is 0 Å². The zero-order valence-electron chi connectivity index (χ0n) is 26.6. The molecule has 0 saturated heterocycles. The highest BCUT2D eigenvalue weighted by Gasteiger charge is 2.14. The molecule has 0 atom stereocenters. The first-order valence-corrected chi connectivity index (χ1v) is 16.7. The molecule has 0 saturated carbocycles. The average molecular weight is 624 g/mol. The lowest BCUT2D eigenvalue weighted by molar-refractivity contribution is 1.18. The molecule has 0 aliphatic carbocycles. The van der Waals surface area contributed by atoms with Gasteiger partial charge in [-0.1, -0.05) is 133 Å². The minimum atomic E-state index is 0.867. The summed E-state index contributed by atoms with van der Waals surface area (Å²) in [5, 5.41) is 7.20. The molecule has 0 aliphatic rings. The third kappa shape index (κ3) is 4.44. The monoisotopic (exact) mass is 623 g/mol. The molecule has 0 unspecified atom stereocenters. The number of hydrogen-bond acceptors (Lipinski definition) is 2. The number of nitrogens with zero attached hydrogens (tertiary/aromatic N) is 3. The van der Waals surface area contributed by atoms with Crippen LogP contribution in [0.2, 0.25) is 0 Å².